The summed E-state index contributed by atoms with van der Waals surface area (Å²) >= 11 is 0. The van der Waals surface area contributed by atoms with Crippen LogP contribution >= 0.6 is 0 Å². The Morgan fingerprint density at radius 2 is 1.92 bits per heavy atom. The fraction of sp³-hybridized carbons (Fsp3) is 0.143. The molecule has 0 saturated carbocycles. The van der Waals surface area contributed by atoms with Crippen LogP contribution in [0.4, 0.5) is 5.69 Å². The Kier molecular flexibility index (Phi) is 4.03. The van der Waals surface area contributed by atoms with E-state index < -0.39 is 29.7 Å². The average Bonchev–Trinajstić information content (AvgIpc) is 2.97. The zero-order chi connectivity index (χ0) is 19.3. The quantitative estimate of drug-likeness (QED) is 0.499. The van der Waals surface area contributed by atoms with Gasteiger partial charge in [-0.3, -0.25) is 10.1 Å². The highest BCUT2D eigenvalue weighted by Gasteiger charge is 2.41. The predicted molar refractivity (Wildman–Crippen MR) is 94.0 cm³/mol. The summed E-state index contributed by atoms with van der Waals surface area (Å²) in [6.45, 7) is 0. The number of allylic oxidation sites excluding steroid dienone is 1. The third-order valence-electron chi connectivity index (χ3n) is 4.11. The second kappa shape index (κ2) is 5.74. The Hall–Kier alpha value is -2.54. The van der Waals surface area contributed by atoms with Crippen molar-refractivity contribution in [1.82, 2.24) is 4.98 Å². The minimum Gasteiger partial charge on any atom is -0.360 e. The lowest BCUT2D eigenvalue weighted by Crippen LogP contribution is -2.46. The van der Waals surface area contributed by atoms with E-state index in [1.807, 2.05) is 0 Å². The molecule has 1 atom stereocenters. The van der Waals surface area contributed by atoms with Gasteiger partial charge in [0.05, 0.1) is 20.2 Å². The van der Waals surface area contributed by atoms with Crippen LogP contribution in [0.25, 0.3) is 10.9 Å². The SMILES string of the molecule is NC1(S(=O)(=O)c2c[nH]c3cc([N+](=O)[O-])ccc23)C=CC(S(N)(=O)=O)=CC1. The van der Waals surface area contributed by atoms with Crippen LogP contribution in [0.3, 0.4) is 0 Å². The van der Waals surface area contributed by atoms with Gasteiger partial charge in [0, 0.05) is 30.1 Å². The number of aromatic nitrogens is 1. The molecule has 0 saturated heterocycles. The van der Waals surface area contributed by atoms with Crippen LogP contribution in [-0.4, -0.2) is 31.6 Å². The lowest BCUT2D eigenvalue weighted by molar-refractivity contribution is -0.384. The summed E-state index contributed by atoms with van der Waals surface area (Å²) < 4.78 is 48.7. The zero-order valence-electron chi connectivity index (χ0n) is 13.1. The summed E-state index contributed by atoms with van der Waals surface area (Å²) in [6.07, 6.45) is 4.18. The molecule has 1 aromatic carbocycles. The van der Waals surface area contributed by atoms with Gasteiger partial charge >= 0.3 is 0 Å². The number of fused-ring (bicyclic) bond motifs is 1. The molecular formula is C14H14N4O6S2. The molecule has 1 aromatic heterocycles. The Bertz CT molecular complexity index is 1190. The summed E-state index contributed by atoms with van der Waals surface area (Å²) in [7, 11) is -8.11. The fourth-order valence-electron chi connectivity index (χ4n) is 2.66. The number of primary sulfonamides is 1. The maximum absolute atomic E-state index is 13.0. The number of non-ortho nitro benzene ring substituents is 1. The van der Waals surface area contributed by atoms with Crippen LogP contribution in [0.1, 0.15) is 6.42 Å². The molecule has 1 aliphatic rings. The first kappa shape index (κ1) is 18.3. The van der Waals surface area contributed by atoms with Crippen LogP contribution < -0.4 is 10.9 Å². The maximum Gasteiger partial charge on any atom is 0.271 e. The van der Waals surface area contributed by atoms with Gasteiger partial charge in [0.25, 0.3) is 5.69 Å². The number of sulfone groups is 1. The van der Waals surface area contributed by atoms with Gasteiger partial charge in [-0.25, -0.2) is 22.0 Å². The van der Waals surface area contributed by atoms with Gasteiger partial charge in [0.15, 0.2) is 0 Å². The van der Waals surface area contributed by atoms with Crippen LogP contribution in [0.2, 0.25) is 0 Å². The van der Waals surface area contributed by atoms with Gasteiger partial charge in [-0.2, -0.15) is 0 Å². The number of hydrogen-bond acceptors (Lipinski definition) is 7. The van der Waals surface area contributed by atoms with Crippen molar-refractivity contribution in [1.29, 1.82) is 0 Å². The van der Waals surface area contributed by atoms with E-state index in [9.17, 15) is 26.9 Å². The third-order valence-corrected chi connectivity index (χ3v) is 7.29. The van der Waals surface area contributed by atoms with Crippen LogP contribution in [0.15, 0.2) is 52.4 Å². The Labute approximate surface area is 148 Å². The normalized spacial score (nSPS) is 20.9. The number of benzene rings is 1. The molecule has 138 valence electrons. The molecule has 10 nitrogen and oxygen atoms in total. The molecule has 5 N–H and O–H groups in total. The van der Waals surface area contributed by atoms with E-state index >= 15 is 0 Å². The van der Waals surface area contributed by atoms with Gasteiger partial charge in [-0.15, -0.1) is 0 Å². The first-order chi connectivity index (χ1) is 12.0. The van der Waals surface area contributed by atoms with Crippen molar-refractivity contribution in [2.45, 2.75) is 16.2 Å². The largest absolute Gasteiger partial charge is 0.360 e. The molecule has 0 amide bonds. The molecule has 0 radical (unpaired) electrons. The second-order valence-electron chi connectivity index (χ2n) is 5.79. The highest BCUT2D eigenvalue weighted by molar-refractivity contribution is 7.93. The van der Waals surface area contributed by atoms with E-state index in [1.54, 1.807) is 0 Å². The second-order valence-corrected chi connectivity index (χ2v) is 9.56. The van der Waals surface area contributed by atoms with Gasteiger partial charge < -0.3 is 10.7 Å². The molecular weight excluding hydrogens is 384 g/mol. The van der Waals surface area contributed by atoms with Crippen LogP contribution in [0, 0.1) is 10.1 Å². The number of rotatable bonds is 4. The lowest BCUT2D eigenvalue weighted by Gasteiger charge is -2.27. The topological polar surface area (TPSA) is 179 Å². The number of nitro benzene ring substituents is 1. The fourth-order valence-corrected chi connectivity index (χ4v) is 4.87. The minimum atomic E-state index is -4.14. The third kappa shape index (κ3) is 2.82. The summed E-state index contributed by atoms with van der Waals surface area (Å²) in [4.78, 5) is 10.7. The number of nitro groups is 1. The van der Waals surface area contributed by atoms with Crippen LogP contribution in [-0.2, 0) is 19.9 Å². The number of nitrogens with one attached hydrogen (secondary N) is 1. The van der Waals surface area contributed by atoms with Gasteiger partial charge in [0.1, 0.15) is 4.87 Å². The molecule has 12 heteroatoms. The molecule has 26 heavy (non-hydrogen) atoms. The number of nitrogens with two attached hydrogens (primary N) is 2. The van der Waals surface area contributed by atoms with E-state index in [0.29, 0.717) is 0 Å². The zero-order valence-corrected chi connectivity index (χ0v) is 14.7. The van der Waals surface area contributed by atoms with Gasteiger partial charge in [-0.05, 0) is 18.2 Å². The first-order valence-electron chi connectivity index (χ1n) is 7.17. The number of sulfonamides is 1. The Balaban J connectivity index is 2.07. The van der Waals surface area contributed by atoms with Crippen LogP contribution in [0.5, 0.6) is 0 Å². The van der Waals surface area contributed by atoms with E-state index in [2.05, 4.69) is 4.98 Å². The molecule has 0 bridgehead atoms. The number of aromatic amines is 1. The standard InChI is InChI=1S/C14H14N4O6S2/c15-14(5-3-10(4-6-14)26(16,23)24)25(21,22)13-8-17-12-7-9(18(19)20)1-2-11(12)13/h1-5,7-8,17H,6,15H2,(H2,16,23,24). The molecule has 3 rings (SSSR count). The summed E-state index contributed by atoms with van der Waals surface area (Å²) in [5.41, 5.74) is 6.10. The summed E-state index contributed by atoms with van der Waals surface area (Å²) in [5.74, 6) is 0. The van der Waals surface area contributed by atoms with Gasteiger partial charge in [0.2, 0.25) is 19.9 Å². The van der Waals surface area contributed by atoms with Crippen molar-refractivity contribution in [3.05, 3.63) is 57.6 Å². The van der Waals surface area contributed by atoms with E-state index in [4.69, 9.17) is 10.9 Å². The molecule has 2 aromatic rings. The van der Waals surface area contributed by atoms with E-state index in [-0.39, 0.29) is 32.8 Å². The monoisotopic (exact) mass is 398 g/mol. The molecule has 1 aliphatic carbocycles. The molecule has 0 spiro atoms. The number of hydrogen-bond donors (Lipinski definition) is 3. The smallest absolute Gasteiger partial charge is 0.271 e. The van der Waals surface area contributed by atoms with E-state index in [0.717, 1.165) is 18.2 Å². The van der Waals surface area contributed by atoms with Crippen molar-refractivity contribution in [2.75, 3.05) is 0 Å². The van der Waals surface area contributed by atoms with Crippen molar-refractivity contribution < 1.29 is 21.8 Å². The summed E-state index contributed by atoms with van der Waals surface area (Å²) in [6, 6.07) is 3.72. The van der Waals surface area contributed by atoms with Crippen molar-refractivity contribution in [3.8, 4) is 0 Å². The minimum absolute atomic E-state index is 0.137. The molecule has 1 unspecified atom stereocenters. The average molecular weight is 398 g/mol. The molecule has 1 heterocycles. The maximum atomic E-state index is 13.0. The van der Waals surface area contributed by atoms with E-state index in [1.165, 1.54) is 24.4 Å². The Morgan fingerprint density at radius 3 is 2.46 bits per heavy atom. The number of H-pyrrole nitrogens is 1. The first-order valence-corrected chi connectivity index (χ1v) is 10.2. The van der Waals surface area contributed by atoms with Gasteiger partial charge in [-0.1, -0.05) is 6.08 Å². The predicted octanol–water partition coefficient (Wildman–Crippen LogP) is 0.637. The van der Waals surface area contributed by atoms with Crippen molar-refractivity contribution in [3.63, 3.8) is 0 Å². The summed E-state index contributed by atoms with van der Waals surface area (Å²) in [5, 5.41) is 16.1. The van der Waals surface area contributed by atoms with Crippen molar-refractivity contribution in [2.24, 2.45) is 10.9 Å². The molecule has 0 fully saturated rings. The Morgan fingerprint density at radius 1 is 1.23 bits per heavy atom. The molecule has 0 aliphatic heterocycles. The highest BCUT2D eigenvalue weighted by Crippen LogP contribution is 2.35. The van der Waals surface area contributed by atoms with Crippen molar-refractivity contribution >= 4 is 36.5 Å². The highest BCUT2D eigenvalue weighted by atomic mass is 32.2. The number of nitrogens with zero attached hydrogens (tertiary/aromatic N) is 1. The lowest BCUT2D eigenvalue weighted by atomic mass is 10.1.